The van der Waals surface area contributed by atoms with E-state index in [-0.39, 0.29) is 23.0 Å². The number of hydrogen-bond donors (Lipinski definition) is 0. The Labute approximate surface area is 130 Å². The number of nitrogens with zero attached hydrogens (tertiary/aromatic N) is 1. The van der Waals surface area contributed by atoms with Crippen LogP contribution in [0.3, 0.4) is 0 Å². The predicted molar refractivity (Wildman–Crippen MR) is 76.5 cm³/mol. The first-order chi connectivity index (χ1) is 8.45. The van der Waals surface area contributed by atoms with Crippen LogP contribution >= 0.6 is 0 Å². The van der Waals surface area contributed by atoms with Gasteiger partial charge in [0.05, 0.1) is 21.1 Å². The molecule has 0 spiro atoms. The van der Waals surface area contributed by atoms with Gasteiger partial charge in [0, 0.05) is 6.42 Å². The third kappa shape index (κ3) is 17.9. The first kappa shape index (κ1) is 21.2. The lowest BCUT2D eigenvalue weighted by Gasteiger charge is -2.23. The van der Waals surface area contributed by atoms with Crippen LogP contribution in [0.5, 0.6) is 0 Å². The van der Waals surface area contributed by atoms with Crippen molar-refractivity contribution in [3.8, 4) is 0 Å². The zero-order valence-corrected chi connectivity index (χ0v) is 14.8. The van der Waals surface area contributed by atoms with Crippen molar-refractivity contribution in [1.29, 1.82) is 0 Å². The van der Waals surface area contributed by atoms with Crippen molar-refractivity contribution >= 4 is 5.97 Å². The quantitative estimate of drug-likeness (QED) is 0.309. The Kier molecular flexibility index (Phi) is 14.4. The first-order valence-electron chi connectivity index (χ1n) is 7.42. The van der Waals surface area contributed by atoms with E-state index in [9.17, 15) is 4.79 Å². The van der Waals surface area contributed by atoms with Gasteiger partial charge in [-0.3, -0.25) is 4.79 Å². The lowest BCUT2D eigenvalue weighted by atomic mass is 10.1. The van der Waals surface area contributed by atoms with E-state index in [1.54, 1.807) is 0 Å². The van der Waals surface area contributed by atoms with Crippen LogP contribution in [-0.4, -0.2) is 44.7 Å². The van der Waals surface area contributed by atoms with E-state index in [4.69, 9.17) is 4.74 Å². The van der Waals surface area contributed by atoms with Gasteiger partial charge in [-0.2, -0.15) is 0 Å². The van der Waals surface area contributed by atoms with Crippen molar-refractivity contribution in [3.63, 3.8) is 0 Å². The van der Waals surface area contributed by atoms with Crippen molar-refractivity contribution in [3.05, 3.63) is 0 Å². The molecule has 0 unspecified atom stereocenters. The third-order valence-corrected chi connectivity index (χ3v) is 3.01. The molecule has 4 heteroatoms. The lowest BCUT2D eigenvalue weighted by Crippen LogP contribution is -3.00. The second-order valence-electron chi connectivity index (χ2n) is 6.11. The van der Waals surface area contributed by atoms with E-state index in [0.717, 1.165) is 23.9 Å². The number of ether oxygens (including phenoxy) is 1. The van der Waals surface area contributed by atoms with Gasteiger partial charge in [-0.25, -0.2) is 0 Å². The number of quaternary nitrogens is 1. The largest absolute Gasteiger partial charge is 1.00 e. The fourth-order valence-corrected chi connectivity index (χ4v) is 1.73. The maximum atomic E-state index is 11.4. The molecule has 0 saturated carbocycles. The molecule has 19 heavy (non-hydrogen) atoms. The molecule has 3 nitrogen and oxygen atoms in total. The van der Waals surface area contributed by atoms with Gasteiger partial charge < -0.3 is 26.2 Å². The number of unbranched alkanes of at least 4 members (excludes halogenated alkanes) is 6. The van der Waals surface area contributed by atoms with Crippen LogP contribution in [-0.2, 0) is 9.53 Å². The average Bonchev–Trinajstić information content (AvgIpc) is 2.26. The molecule has 0 saturated heterocycles. The number of halogens is 1. The monoisotopic (exact) mass is 337 g/mol. The highest BCUT2D eigenvalue weighted by atomic mass is 79.9. The van der Waals surface area contributed by atoms with Gasteiger partial charge in [-0.1, -0.05) is 45.4 Å². The molecular weight excluding hydrogens is 306 g/mol. The lowest BCUT2D eigenvalue weighted by molar-refractivity contribution is -0.870. The second kappa shape index (κ2) is 12.9. The third-order valence-electron chi connectivity index (χ3n) is 3.01. The minimum Gasteiger partial charge on any atom is -1.00 e. The van der Waals surface area contributed by atoms with Crippen LogP contribution in [0.2, 0.25) is 0 Å². The second-order valence-corrected chi connectivity index (χ2v) is 6.11. The molecule has 0 bridgehead atoms. The Morgan fingerprint density at radius 2 is 1.47 bits per heavy atom. The summed E-state index contributed by atoms with van der Waals surface area (Å²) in [6, 6.07) is 0. The molecule has 0 amide bonds. The minimum absolute atomic E-state index is 0. The first-order valence-corrected chi connectivity index (χ1v) is 7.42. The Balaban J connectivity index is 0. The summed E-state index contributed by atoms with van der Waals surface area (Å²) in [6.07, 6.45) is 9.26. The van der Waals surface area contributed by atoms with Gasteiger partial charge in [0.1, 0.15) is 13.2 Å². The van der Waals surface area contributed by atoms with Crippen LogP contribution in [0.15, 0.2) is 0 Å². The van der Waals surface area contributed by atoms with E-state index < -0.39 is 0 Å². The highest BCUT2D eigenvalue weighted by Gasteiger charge is 2.08. The summed E-state index contributed by atoms with van der Waals surface area (Å²) in [4.78, 5) is 11.4. The number of carbonyl (C=O) groups is 1. The van der Waals surface area contributed by atoms with Crippen molar-refractivity contribution in [1.82, 2.24) is 0 Å². The van der Waals surface area contributed by atoms with E-state index in [1.165, 1.54) is 32.1 Å². The average molecular weight is 338 g/mol. The van der Waals surface area contributed by atoms with E-state index >= 15 is 0 Å². The number of likely N-dealkylation sites (N-methyl/N-ethyl adjacent to an activating group) is 1. The van der Waals surface area contributed by atoms with Gasteiger partial charge in [0.25, 0.3) is 0 Å². The van der Waals surface area contributed by atoms with Gasteiger partial charge in [0.15, 0.2) is 0 Å². The van der Waals surface area contributed by atoms with Gasteiger partial charge >= 0.3 is 5.97 Å². The molecule has 116 valence electrons. The van der Waals surface area contributed by atoms with Crippen molar-refractivity contribution < 1.29 is 31.0 Å². The van der Waals surface area contributed by atoms with Crippen LogP contribution in [0.1, 0.15) is 58.3 Å². The summed E-state index contributed by atoms with van der Waals surface area (Å²) in [7, 11) is 6.30. The molecule has 0 rings (SSSR count). The minimum atomic E-state index is -0.0305. The van der Waals surface area contributed by atoms with Crippen molar-refractivity contribution in [2.75, 3.05) is 34.3 Å². The summed E-state index contributed by atoms with van der Waals surface area (Å²) >= 11 is 0. The van der Waals surface area contributed by atoms with E-state index in [2.05, 4.69) is 28.1 Å². The summed E-state index contributed by atoms with van der Waals surface area (Å²) in [5.74, 6) is -0.0305. The molecule has 0 aromatic rings. The van der Waals surface area contributed by atoms with Crippen LogP contribution in [0.4, 0.5) is 0 Å². The molecule has 0 aromatic heterocycles. The normalized spacial score (nSPS) is 10.9. The smallest absolute Gasteiger partial charge is 0.305 e. The molecule has 0 heterocycles. The molecule has 0 N–H and O–H groups in total. The summed E-state index contributed by atoms with van der Waals surface area (Å²) in [5, 5.41) is 0. The van der Waals surface area contributed by atoms with Crippen molar-refractivity contribution in [2.24, 2.45) is 0 Å². The van der Waals surface area contributed by atoms with Crippen LogP contribution in [0.25, 0.3) is 0 Å². The van der Waals surface area contributed by atoms with Gasteiger partial charge in [-0.05, 0) is 6.42 Å². The summed E-state index contributed by atoms with van der Waals surface area (Å²) in [5.41, 5.74) is 0. The molecule has 0 atom stereocenters. The standard InChI is InChI=1S/C15H32NO2.BrH/c1-5-6-7-8-9-10-11-12-15(17)18-14-13-16(2,3)4;/h5-14H2,1-4H3;1H/q+1;/p-1. The Bertz CT molecular complexity index is 215. The zero-order chi connectivity index (χ0) is 13.9. The van der Waals surface area contributed by atoms with E-state index in [1.807, 2.05) is 0 Å². The van der Waals surface area contributed by atoms with E-state index in [0.29, 0.717) is 13.0 Å². The molecule has 0 aromatic carbocycles. The van der Waals surface area contributed by atoms with Crippen molar-refractivity contribution in [2.45, 2.75) is 58.3 Å². The Morgan fingerprint density at radius 1 is 0.947 bits per heavy atom. The van der Waals surface area contributed by atoms with Gasteiger partial charge in [-0.15, -0.1) is 0 Å². The topological polar surface area (TPSA) is 26.3 Å². The summed E-state index contributed by atoms with van der Waals surface area (Å²) < 4.78 is 6.05. The molecule has 0 aliphatic heterocycles. The molecule has 0 fully saturated rings. The molecule has 0 radical (unpaired) electrons. The zero-order valence-electron chi connectivity index (χ0n) is 13.2. The molecule has 0 aliphatic carbocycles. The summed E-state index contributed by atoms with van der Waals surface area (Å²) in [6.45, 7) is 3.65. The Morgan fingerprint density at radius 3 is 2.00 bits per heavy atom. The SMILES string of the molecule is CCCCCCCCCC(=O)OCC[N+](C)(C)C.[Br-]. The predicted octanol–water partition coefficient (Wildman–Crippen LogP) is 0.381. The highest BCUT2D eigenvalue weighted by molar-refractivity contribution is 5.69. The maximum Gasteiger partial charge on any atom is 0.305 e. The van der Waals surface area contributed by atoms with Crippen LogP contribution in [0, 0.1) is 0 Å². The highest BCUT2D eigenvalue weighted by Crippen LogP contribution is 2.08. The van der Waals surface area contributed by atoms with Crippen LogP contribution < -0.4 is 17.0 Å². The molecule has 0 aliphatic rings. The fraction of sp³-hybridized carbons (Fsp3) is 0.933. The Hall–Kier alpha value is -0.0900. The van der Waals surface area contributed by atoms with Gasteiger partial charge in [0.2, 0.25) is 0 Å². The maximum absolute atomic E-state index is 11.4. The number of esters is 1. The number of carbonyl (C=O) groups excluding carboxylic acids is 1. The molecular formula is C15H32BrNO2. The fourth-order valence-electron chi connectivity index (χ4n) is 1.73. The number of hydrogen-bond acceptors (Lipinski definition) is 2. The number of rotatable bonds is 11.